The molecular formula is C12H13F2NO2. The lowest BCUT2D eigenvalue weighted by Crippen LogP contribution is -2.34. The fourth-order valence-electron chi connectivity index (χ4n) is 2.12. The number of hydrogen-bond donors (Lipinski definition) is 1. The number of phenols is 1. The highest BCUT2D eigenvalue weighted by Crippen LogP contribution is 2.26. The van der Waals surface area contributed by atoms with Gasteiger partial charge in [0.1, 0.15) is 11.4 Å². The van der Waals surface area contributed by atoms with Crippen molar-refractivity contribution in [2.75, 3.05) is 6.54 Å². The highest BCUT2D eigenvalue weighted by molar-refractivity contribution is 5.95. The van der Waals surface area contributed by atoms with E-state index in [1.165, 1.54) is 4.90 Å². The van der Waals surface area contributed by atoms with Gasteiger partial charge in [0.05, 0.1) is 0 Å². The highest BCUT2D eigenvalue weighted by atomic mass is 19.1. The molecule has 1 saturated heterocycles. The number of amides is 1. The van der Waals surface area contributed by atoms with Crippen molar-refractivity contribution in [3.63, 3.8) is 0 Å². The van der Waals surface area contributed by atoms with Crippen molar-refractivity contribution in [2.24, 2.45) is 0 Å². The molecule has 2 rings (SSSR count). The van der Waals surface area contributed by atoms with Crippen molar-refractivity contribution in [1.29, 1.82) is 0 Å². The molecule has 1 aromatic carbocycles. The molecule has 1 aliphatic heterocycles. The van der Waals surface area contributed by atoms with Gasteiger partial charge in [-0.25, -0.2) is 8.78 Å². The Labute approximate surface area is 97.7 Å². The van der Waals surface area contributed by atoms with Gasteiger partial charge in [-0.05, 0) is 31.9 Å². The Morgan fingerprint density at radius 1 is 1.47 bits per heavy atom. The van der Waals surface area contributed by atoms with Crippen molar-refractivity contribution < 1.29 is 18.7 Å². The van der Waals surface area contributed by atoms with Crippen LogP contribution in [0.2, 0.25) is 0 Å². The minimum absolute atomic E-state index is 0.0244. The molecule has 5 heteroatoms. The van der Waals surface area contributed by atoms with Gasteiger partial charge in [-0.1, -0.05) is 0 Å². The summed E-state index contributed by atoms with van der Waals surface area (Å²) in [6.07, 6.45) is 1.66. The third kappa shape index (κ3) is 1.97. The minimum Gasteiger partial charge on any atom is -0.505 e. The Morgan fingerprint density at radius 2 is 2.18 bits per heavy atom. The molecule has 1 fully saturated rings. The summed E-state index contributed by atoms with van der Waals surface area (Å²) >= 11 is 0. The van der Waals surface area contributed by atoms with Gasteiger partial charge in [0.25, 0.3) is 5.91 Å². The van der Waals surface area contributed by atoms with E-state index in [0.29, 0.717) is 6.54 Å². The maximum Gasteiger partial charge on any atom is 0.260 e. The summed E-state index contributed by atoms with van der Waals surface area (Å²) < 4.78 is 27.0. The zero-order valence-corrected chi connectivity index (χ0v) is 9.41. The predicted molar refractivity (Wildman–Crippen MR) is 57.8 cm³/mol. The lowest BCUT2D eigenvalue weighted by atomic mass is 10.1. The Hall–Kier alpha value is -1.65. The van der Waals surface area contributed by atoms with E-state index in [4.69, 9.17) is 5.11 Å². The summed E-state index contributed by atoms with van der Waals surface area (Å²) in [6, 6.07) is 1.77. The van der Waals surface area contributed by atoms with Crippen molar-refractivity contribution in [1.82, 2.24) is 4.90 Å². The maximum atomic E-state index is 13.6. The lowest BCUT2D eigenvalue weighted by Gasteiger charge is -2.22. The molecule has 0 unspecified atom stereocenters. The molecule has 0 saturated carbocycles. The van der Waals surface area contributed by atoms with Crippen molar-refractivity contribution in [3.8, 4) is 5.75 Å². The molecule has 92 valence electrons. The van der Waals surface area contributed by atoms with E-state index in [1.54, 1.807) is 0 Å². The first-order valence-corrected chi connectivity index (χ1v) is 5.50. The normalized spacial score (nSPS) is 19.7. The second-order valence-corrected chi connectivity index (χ2v) is 4.25. The zero-order chi connectivity index (χ0) is 12.6. The van der Waals surface area contributed by atoms with E-state index >= 15 is 0 Å². The van der Waals surface area contributed by atoms with Crippen LogP contribution in [-0.2, 0) is 0 Å². The van der Waals surface area contributed by atoms with Gasteiger partial charge in [-0.3, -0.25) is 4.79 Å². The Morgan fingerprint density at radius 3 is 2.76 bits per heavy atom. The SMILES string of the molecule is C[C@H]1CCCN1C(=O)c1c(F)ccc(O)c1F. The number of likely N-dealkylation sites (tertiary alicyclic amines) is 1. The van der Waals surface area contributed by atoms with Crippen molar-refractivity contribution in [3.05, 3.63) is 29.3 Å². The minimum atomic E-state index is -1.19. The fourth-order valence-corrected chi connectivity index (χ4v) is 2.12. The zero-order valence-electron chi connectivity index (χ0n) is 9.41. The number of nitrogens with zero attached hydrogens (tertiary/aromatic N) is 1. The molecular weight excluding hydrogens is 228 g/mol. The number of phenolic OH excluding ortho intramolecular Hbond substituents is 1. The second-order valence-electron chi connectivity index (χ2n) is 4.25. The number of carbonyl (C=O) groups is 1. The van der Waals surface area contributed by atoms with Gasteiger partial charge in [-0.2, -0.15) is 0 Å². The van der Waals surface area contributed by atoms with Crippen molar-refractivity contribution >= 4 is 5.91 Å². The maximum absolute atomic E-state index is 13.6. The van der Waals surface area contributed by atoms with E-state index in [9.17, 15) is 13.6 Å². The molecule has 1 aliphatic rings. The number of benzene rings is 1. The first-order chi connectivity index (χ1) is 8.02. The summed E-state index contributed by atoms with van der Waals surface area (Å²) in [7, 11) is 0. The summed E-state index contributed by atoms with van der Waals surface area (Å²) in [5.74, 6) is -3.53. The van der Waals surface area contributed by atoms with Gasteiger partial charge in [0, 0.05) is 12.6 Å². The largest absolute Gasteiger partial charge is 0.505 e. The van der Waals surface area contributed by atoms with Gasteiger partial charge in [0.15, 0.2) is 11.6 Å². The van der Waals surface area contributed by atoms with Crippen LogP contribution < -0.4 is 0 Å². The van der Waals surface area contributed by atoms with Crippen LogP contribution in [0.1, 0.15) is 30.1 Å². The molecule has 1 heterocycles. The quantitative estimate of drug-likeness (QED) is 0.819. The molecule has 0 bridgehead atoms. The number of carbonyl (C=O) groups excluding carboxylic acids is 1. The number of halogens is 2. The first-order valence-electron chi connectivity index (χ1n) is 5.50. The third-order valence-corrected chi connectivity index (χ3v) is 3.10. The molecule has 17 heavy (non-hydrogen) atoms. The summed E-state index contributed by atoms with van der Waals surface area (Å²) in [4.78, 5) is 13.4. The monoisotopic (exact) mass is 241 g/mol. The molecule has 1 N–H and O–H groups in total. The summed E-state index contributed by atoms with van der Waals surface area (Å²) in [6.45, 7) is 2.33. The average Bonchev–Trinajstić information content (AvgIpc) is 2.70. The summed E-state index contributed by atoms with van der Waals surface area (Å²) in [5, 5.41) is 9.17. The highest BCUT2D eigenvalue weighted by Gasteiger charge is 2.30. The Kier molecular flexibility index (Phi) is 3.00. The first kappa shape index (κ1) is 11.8. The molecule has 0 spiro atoms. The van der Waals surface area contributed by atoms with Crippen LogP contribution in [0.15, 0.2) is 12.1 Å². The Balaban J connectivity index is 2.40. The fraction of sp³-hybridized carbons (Fsp3) is 0.417. The van der Waals surface area contributed by atoms with E-state index in [-0.39, 0.29) is 6.04 Å². The van der Waals surface area contributed by atoms with Gasteiger partial charge < -0.3 is 10.0 Å². The predicted octanol–water partition coefficient (Wildman–Crippen LogP) is 2.29. The molecule has 3 nitrogen and oxygen atoms in total. The Bertz CT molecular complexity index is 462. The van der Waals surface area contributed by atoms with Crippen LogP contribution in [0, 0.1) is 11.6 Å². The van der Waals surface area contributed by atoms with Gasteiger partial charge >= 0.3 is 0 Å². The van der Waals surface area contributed by atoms with E-state index < -0.39 is 28.9 Å². The van der Waals surface area contributed by atoms with Crippen molar-refractivity contribution in [2.45, 2.75) is 25.8 Å². The summed E-state index contributed by atoms with van der Waals surface area (Å²) in [5.41, 5.74) is -0.668. The number of hydrogen-bond acceptors (Lipinski definition) is 2. The van der Waals surface area contributed by atoms with Crippen LogP contribution in [0.5, 0.6) is 5.75 Å². The van der Waals surface area contributed by atoms with E-state index in [0.717, 1.165) is 25.0 Å². The van der Waals surface area contributed by atoms with Crippen LogP contribution >= 0.6 is 0 Å². The van der Waals surface area contributed by atoms with Gasteiger partial charge in [0.2, 0.25) is 0 Å². The molecule has 1 amide bonds. The molecule has 0 aromatic heterocycles. The van der Waals surface area contributed by atoms with Gasteiger partial charge in [-0.15, -0.1) is 0 Å². The van der Waals surface area contributed by atoms with Crippen LogP contribution in [0.4, 0.5) is 8.78 Å². The standard InChI is InChI=1S/C12H13F2NO2/c1-7-3-2-6-15(7)12(17)10-8(13)4-5-9(16)11(10)14/h4-5,7,16H,2-3,6H2,1H3/t7-/m0/s1. The molecule has 0 aliphatic carbocycles. The molecule has 1 atom stereocenters. The van der Waals surface area contributed by atoms with Crippen LogP contribution in [0.25, 0.3) is 0 Å². The molecule has 1 aromatic rings. The average molecular weight is 241 g/mol. The number of rotatable bonds is 1. The van der Waals surface area contributed by atoms with Crippen LogP contribution in [-0.4, -0.2) is 28.5 Å². The smallest absolute Gasteiger partial charge is 0.260 e. The topological polar surface area (TPSA) is 40.5 Å². The second kappa shape index (κ2) is 4.31. The third-order valence-electron chi connectivity index (χ3n) is 3.10. The van der Waals surface area contributed by atoms with Crippen LogP contribution in [0.3, 0.4) is 0 Å². The number of aromatic hydroxyl groups is 1. The lowest BCUT2D eigenvalue weighted by molar-refractivity contribution is 0.0736. The van der Waals surface area contributed by atoms with E-state index in [1.807, 2.05) is 6.92 Å². The van der Waals surface area contributed by atoms with E-state index in [2.05, 4.69) is 0 Å². The molecule has 0 radical (unpaired) electrons.